The molecule has 1 aromatic rings. The zero-order chi connectivity index (χ0) is 16.0. The summed E-state index contributed by atoms with van der Waals surface area (Å²) in [5.74, 6) is -1.86. The zero-order valence-corrected chi connectivity index (χ0v) is 11.9. The molecule has 1 atom stereocenters. The lowest BCUT2D eigenvalue weighted by Gasteiger charge is -2.13. The quantitative estimate of drug-likeness (QED) is 0.573. The van der Waals surface area contributed by atoms with Crippen LogP contribution >= 0.6 is 0 Å². The highest BCUT2D eigenvalue weighted by Gasteiger charge is 2.20. The van der Waals surface area contributed by atoms with Crippen LogP contribution in [0, 0.1) is 0 Å². The number of aromatic nitrogens is 2. The minimum atomic E-state index is -1.23. The number of nitrogens with zero attached hydrogens (tertiary/aromatic N) is 2. The van der Waals surface area contributed by atoms with Gasteiger partial charge in [-0.1, -0.05) is 0 Å². The minimum absolute atomic E-state index is 0.0661. The summed E-state index contributed by atoms with van der Waals surface area (Å²) < 4.78 is 1.65. The number of anilines is 1. The van der Waals surface area contributed by atoms with Crippen LogP contribution < -0.4 is 16.4 Å². The van der Waals surface area contributed by atoms with Gasteiger partial charge in [0, 0.05) is 18.7 Å². The normalized spacial score (nSPS) is 12.0. The monoisotopic (exact) mass is 297 g/mol. The Kier molecular flexibility index (Phi) is 5.70. The number of amides is 3. The first-order chi connectivity index (χ1) is 9.79. The number of rotatable bonds is 7. The van der Waals surface area contributed by atoms with Crippen molar-refractivity contribution in [1.29, 1.82) is 0 Å². The van der Waals surface area contributed by atoms with Gasteiger partial charge in [-0.3, -0.25) is 9.48 Å². The van der Waals surface area contributed by atoms with E-state index < -0.39 is 23.9 Å². The number of hydrogen-bond donors (Lipinski definition) is 4. The van der Waals surface area contributed by atoms with Gasteiger partial charge in [-0.15, -0.1) is 0 Å². The second-order valence-electron chi connectivity index (χ2n) is 4.80. The maximum atomic E-state index is 11.7. The number of carboxylic acids is 1. The number of nitrogens with one attached hydrogen (secondary N) is 2. The Balaban J connectivity index is 2.56. The van der Waals surface area contributed by atoms with Gasteiger partial charge in [0.05, 0.1) is 11.9 Å². The third-order valence-electron chi connectivity index (χ3n) is 2.67. The van der Waals surface area contributed by atoms with Crippen molar-refractivity contribution in [3.8, 4) is 0 Å². The standard InChI is InChI=1S/C12H19N5O4/c1-7(2)17-6-8(5-14-17)15-12(21)16-9(11(19)20)3-4-10(13)18/h5-7,9H,3-4H2,1-2H3,(H2,13,18)(H,19,20)(H2,15,16,21)/t9-/m1/s1. The van der Waals surface area contributed by atoms with E-state index >= 15 is 0 Å². The molecular formula is C12H19N5O4. The highest BCUT2D eigenvalue weighted by molar-refractivity contribution is 5.92. The van der Waals surface area contributed by atoms with Crippen molar-refractivity contribution in [3.63, 3.8) is 0 Å². The van der Waals surface area contributed by atoms with Crippen LogP contribution in [-0.4, -0.2) is 38.8 Å². The van der Waals surface area contributed by atoms with Gasteiger partial charge in [0.1, 0.15) is 6.04 Å². The molecule has 21 heavy (non-hydrogen) atoms. The van der Waals surface area contributed by atoms with Crippen LogP contribution in [0.1, 0.15) is 32.7 Å². The molecule has 0 bridgehead atoms. The van der Waals surface area contributed by atoms with E-state index in [4.69, 9.17) is 10.8 Å². The fourth-order valence-electron chi connectivity index (χ4n) is 1.55. The zero-order valence-electron chi connectivity index (χ0n) is 11.9. The molecule has 116 valence electrons. The number of aliphatic carboxylic acids is 1. The second kappa shape index (κ2) is 7.27. The lowest BCUT2D eigenvalue weighted by atomic mass is 10.1. The van der Waals surface area contributed by atoms with Crippen molar-refractivity contribution >= 4 is 23.6 Å². The molecule has 0 aliphatic heterocycles. The van der Waals surface area contributed by atoms with E-state index in [9.17, 15) is 14.4 Å². The third-order valence-corrected chi connectivity index (χ3v) is 2.67. The molecule has 0 aliphatic rings. The van der Waals surface area contributed by atoms with Gasteiger partial charge >= 0.3 is 12.0 Å². The van der Waals surface area contributed by atoms with Gasteiger partial charge in [-0.05, 0) is 20.3 Å². The SMILES string of the molecule is CC(C)n1cc(NC(=O)N[C@H](CCC(N)=O)C(=O)O)cn1. The van der Waals surface area contributed by atoms with E-state index in [-0.39, 0.29) is 18.9 Å². The average Bonchev–Trinajstić information content (AvgIpc) is 2.82. The van der Waals surface area contributed by atoms with Crippen LogP contribution in [0.25, 0.3) is 0 Å². The summed E-state index contributed by atoms with van der Waals surface area (Å²) in [6.45, 7) is 3.86. The van der Waals surface area contributed by atoms with Crippen LogP contribution in [-0.2, 0) is 9.59 Å². The molecule has 5 N–H and O–H groups in total. The van der Waals surface area contributed by atoms with Crippen molar-refractivity contribution in [1.82, 2.24) is 15.1 Å². The van der Waals surface area contributed by atoms with Crippen LogP contribution in [0.5, 0.6) is 0 Å². The number of urea groups is 1. The first kappa shape index (κ1) is 16.5. The molecule has 3 amide bonds. The highest BCUT2D eigenvalue weighted by atomic mass is 16.4. The molecule has 9 nitrogen and oxygen atoms in total. The lowest BCUT2D eigenvalue weighted by molar-refractivity contribution is -0.139. The summed E-state index contributed by atoms with van der Waals surface area (Å²) in [6.07, 6.45) is 2.90. The highest BCUT2D eigenvalue weighted by Crippen LogP contribution is 2.09. The van der Waals surface area contributed by atoms with E-state index in [1.165, 1.54) is 6.20 Å². The third kappa shape index (κ3) is 5.51. The smallest absolute Gasteiger partial charge is 0.326 e. The summed E-state index contributed by atoms with van der Waals surface area (Å²) in [5.41, 5.74) is 5.40. The Morgan fingerprint density at radius 2 is 2.10 bits per heavy atom. The maximum absolute atomic E-state index is 11.7. The lowest BCUT2D eigenvalue weighted by Crippen LogP contribution is -2.43. The van der Waals surface area contributed by atoms with Crippen LogP contribution in [0.15, 0.2) is 12.4 Å². The van der Waals surface area contributed by atoms with Crippen LogP contribution in [0.2, 0.25) is 0 Å². The number of nitrogens with two attached hydrogens (primary N) is 1. The molecule has 0 aromatic carbocycles. The Morgan fingerprint density at radius 1 is 1.43 bits per heavy atom. The molecule has 0 aliphatic carbocycles. The summed E-state index contributed by atoms with van der Waals surface area (Å²) in [5, 5.41) is 17.7. The molecular weight excluding hydrogens is 278 g/mol. The molecule has 1 aromatic heterocycles. The van der Waals surface area contributed by atoms with Crippen LogP contribution in [0.3, 0.4) is 0 Å². The first-order valence-corrected chi connectivity index (χ1v) is 6.42. The minimum Gasteiger partial charge on any atom is -0.480 e. The summed E-state index contributed by atoms with van der Waals surface area (Å²) in [4.78, 5) is 33.4. The van der Waals surface area contributed by atoms with Crippen LogP contribution in [0.4, 0.5) is 10.5 Å². The number of carbonyl (C=O) groups is 3. The molecule has 1 heterocycles. The Bertz CT molecular complexity index is 525. The number of carboxylic acid groups (broad SMARTS) is 1. The average molecular weight is 297 g/mol. The van der Waals surface area contributed by atoms with Gasteiger partial charge in [0.15, 0.2) is 0 Å². The molecule has 0 saturated carbocycles. The molecule has 0 fully saturated rings. The fourth-order valence-corrected chi connectivity index (χ4v) is 1.55. The predicted octanol–water partition coefficient (Wildman–Crippen LogP) is 0.304. The number of primary amides is 1. The Morgan fingerprint density at radius 3 is 2.57 bits per heavy atom. The molecule has 0 radical (unpaired) electrons. The van der Waals surface area contributed by atoms with Crippen molar-refractivity contribution in [2.24, 2.45) is 5.73 Å². The summed E-state index contributed by atoms with van der Waals surface area (Å²) in [7, 11) is 0. The van der Waals surface area contributed by atoms with E-state index in [1.807, 2.05) is 13.8 Å². The first-order valence-electron chi connectivity index (χ1n) is 6.42. The molecule has 0 saturated heterocycles. The Labute approximate surface area is 121 Å². The second-order valence-corrected chi connectivity index (χ2v) is 4.80. The predicted molar refractivity (Wildman–Crippen MR) is 74.6 cm³/mol. The van der Waals surface area contributed by atoms with Crippen molar-refractivity contribution in [3.05, 3.63) is 12.4 Å². The van der Waals surface area contributed by atoms with E-state index in [2.05, 4.69) is 15.7 Å². The van der Waals surface area contributed by atoms with Crippen molar-refractivity contribution < 1.29 is 19.5 Å². The largest absolute Gasteiger partial charge is 0.480 e. The van der Waals surface area contributed by atoms with E-state index in [0.29, 0.717) is 5.69 Å². The molecule has 9 heteroatoms. The molecule has 0 unspecified atom stereocenters. The van der Waals surface area contributed by atoms with E-state index in [0.717, 1.165) is 0 Å². The molecule has 1 rings (SSSR count). The number of hydrogen-bond acceptors (Lipinski definition) is 4. The topological polar surface area (TPSA) is 139 Å². The van der Waals surface area contributed by atoms with Gasteiger partial charge in [0.25, 0.3) is 0 Å². The summed E-state index contributed by atoms with van der Waals surface area (Å²) >= 11 is 0. The van der Waals surface area contributed by atoms with Gasteiger partial charge in [-0.25, -0.2) is 9.59 Å². The summed E-state index contributed by atoms with van der Waals surface area (Å²) in [6, 6.07) is -1.72. The van der Waals surface area contributed by atoms with Crippen molar-refractivity contribution in [2.75, 3.05) is 5.32 Å². The Hall–Kier alpha value is -2.58. The maximum Gasteiger partial charge on any atom is 0.326 e. The van der Waals surface area contributed by atoms with Gasteiger partial charge in [0.2, 0.25) is 5.91 Å². The van der Waals surface area contributed by atoms with E-state index in [1.54, 1.807) is 10.9 Å². The van der Waals surface area contributed by atoms with Gasteiger partial charge < -0.3 is 21.5 Å². The molecule has 0 spiro atoms. The number of carbonyl (C=O) groups excluding carboxylic acids is 2. The fraction of sp³-hybridized carbons (Fsp3) is 0.500. The van der Waals surface area contributed by atoms with Gasteiger partial charge in [-0.2, -0.15) is 5.10 Å². The van der Waals surface area contributed by atoms with Crippen molar-refractivity contribution in [2.45, 2.75) is 38.8 Å².